The number of benzene rings is 2. The van der Waals surface area contributed by atoms with Crippen molar-refractivity contribution >= 4 is 17.6 Å². The van der Waals surface area contributed by atoms with Crippen LogP contribution in [-0.2, 0) is 22.5 Å². The molecule has 0 amide bonds. The van der Waals surface area contributed by atoms with Crippen LogP contribution in [0.25, 0.3) is 0 Å². The van der Waals surface area contributed by atoms with Gasteiger partial charge in [0.15, 0.2) is 0 Å². The van der Waals surface area contributed by atoms with Crippen molar-refractivity contribution in [2.24, 2.45) is 0 Å². The summed E-state index contributed by atoms with van der Waals surface area (Å²) in [6.45, 7) is 0.619. The van der Waals surface area contributed by atoms with Gasteiger partial charge in [0.05, 0.1) is 7.11 Å². The third-order valence-electron chi connectivity index (χ3n) is 3.23. The second kappa shape index (κ2) is 7.81. The Hall–Kier alpha value is -1.84. The summed E-state index contributed by atoms with van der Waals surface area (Å²) in [7, 11) is 1.40. The molecule has 1 unspecified atom stereocenters. The summed E-state index contributed by atoms with van der Waals surface area (Å²) in [5, 5.41) is 3.93. The molecule has 1 atom stereocenters. The summed E-state index contributed by atoms with van der Waals surface area (Å²) >= 11 is 5.87. The Labute approximate surface area is 129 Å². The molecular formula is C17H18ClNO2. The Morgan fingerprint density at radius 1 is 1.10 bits per heavy atom. The highest BCUT2D eigenvalue weighted by atomic mass is 35.5. The lowest BCUT2D eigenvalue weighted by Crippen LogP contribution is -2.39. The molecule has 0 aliphatic carbocycles. The Morgan fingerprint density at radius 2 is 1.76 bits per heavy atom. The summed E-state index contributed by atoms with van der Waals surface area (Å²) in [6.07, 6.45) is 0.566. The third kappa shape index (κ3) is 4.88. The second-order valence-corrected chi connectivity index (χ2v) is 5.21. The molecule has 0 aliphatic rings. The van der Waals surface area contributed by atoms with E-state index in [0.717, 1.165) is 11.1 Å². The maximum atomic E-state index is 11.9. The SMILES string of the molecule is COC(=O)C(Cc1ccc(Cl)cc1)NCc1ccccc1. The smallest absolute Gasteiger partial charge is 0.323 e. The van der Waals surface area contributed by atoms with E-state index in [9.17, 15) is 4.79 Å². The van der Waals surface area contributed by atoms with E-state index >= 15 is 0 Å². The molecule has 0 heterocycles. The average molecular weight is 304 g/mol. The molecule has 110 valence electrons. The number of carbonyl (C=O) groups excluding carboxylic acids is 1. The van der Waals surface area contributed by atoms with Crippen molar-refractivity contribution in [1.82, 2.24) is 5.32 Å². The molecular weight excluding hydrogens is 286 g/mol. The first-order valence-electron chi connectivity index (χ1n) is 6.78. The summed E-state index contributed by atoms with van der Waals surface area (Å²) in [5.74, 6) is -0.263. The fraction of sp³-hybridized carbons (Fsp3) is 0.235. The van der Waals surface area contributed by atoms with Crippen LogP contribution in [0.15, 0.2) is 54.6 Å². The van der Waals surface area contributed by atoms with Crippen LogP contribution in [0.2, 0.25) is 5.02 Å². The maximum absolute atomic E-state index is 11.9. The third-order valence-corrected chi connectivity index (χ3v) is 3.49. The lowest BCUT2D eigenvalue weighted by atomic mass is 10.1. The van der Waals surface area contributed by atoms with Crippen LogP contribution >= 0.6 is 11.6 Å². The van der Waals surface area contributed by atoms with Gasteiger partial charge in [-0.25, -0.2) is 0 Å². The monoisotopic (exact) mass is 303 g/mol. The van der Waals surface area contributed by atoms with Crippen LogP contribution in [0.5, 0.6) is 0 Å². The first-order chi connectivity index (χ1) is 10.2. The van der Waals surface area contributed by atoms with Gasteiger partial charge < -0.3 is 10.1 Å². The number of carbonyl (C=O) groups is 1. The molecule has 0 radical (unpaired) electrons. The number of nitrogens with one attached hydrogen (secondary N) is 1. The van der Waals surface area contributed by atoms with Crippen LogP contribution in [0, 0.1) is 0 Å². The van der Waals surface area contributed by atoms with E-state index in [2.05, 4.69) is 5.32 Å². The zero-order chi connectivity index (χ0) is 15.1. The van der Waals surface area contributed by atoms with Crippen molar-refractivity contribution in [3.05, 3.63) is 70.7 Å². The number of ether oxygens (including phenoxy) is 1. The molecule has 0 fully saturated rings. The zero-order valence-electron chi connectivity index (χ0n) is 11.9. The highest BCUT2D eigenvalue weighted by Crippen LogP contribution is 2.12. The molecule has 2 aromatic rings. The number of esters is 1. The zero-order valence-corrected chi connectivity index (χ0v) is 12.6. The normalized spacial score (nSPS) is 11.9. The van der Waals surface area contributed by atoms with Crippen LogP contribution < -0.4 is 5.32 Å². The fourth-order valence-corrected chi connectivity index (χ4v) is 2.20. The van der Waals surface area contributed by atoms with Crippen molar-refractivity contribution in [3.63, 3.8) is 0 Å². The fourth-order valence-electron chi connectivity index (χ4n) is 2.07. The van der Waals surface area contributed by atoms with Crippen molar-refractivity contribution in [3.8, 4) is 0 Å². The predicted molar refractivity (Wildman–Crippen MR) is 84.2 cm³/mol. The average Bonchev–Trinajstić information content (AvgIpc) is 2.53. The lowest BCUT2D eigenvalue weighted by molar-refractivity contribution is -0.143. The minimum Gasteiger partial charge on any atom is -0.468 e. The van der Waals surface area contributed by atoms with Crippen molar-refractivity contribution < 1.29 is 9.53 Å². The molecule has 2 rings (SSSR count). The van der Waals surface area contributed by atoms with Crippen molar-refractivity contribution in [2.45, 2.75) is 19.0 Å². The van der Waals surface area contributed by atoms with Crippen LogP contribution in [0.3, 0.4) is 0 Å². The molecule has 0 saturated heterocycles. The summed E-state index contributed by atoms with van der Waals surface area (Å²) in [5.41, 5.74) is 2.16. The van der Waals surface area contributed by atoms with E-state index < -0.39 is 0 Å². The Kier molecular flexibility index (Phi) is 5.78. The van der Waals surface area contributed by atoms with Crippen molar-refractivity contribution in [1.29, 1.82) is 0 Å². The van der Waals surface area contributed by atoms with Gasteiger partial charge in [0.1, 0.15) is 6.04 Å². The topological polar surface area (TPSA) is 38.3 Å². The number of methoxy groups -OCH3 is 1. The first-order valence-corrected chi connectivity index (χ1v) is 7.16. The van der Waals surface area contributed by atoms with Gasteiger partial charge in [-0.3, -0.25) is 4.79 Å². The molecule has 3 nitrogen and oxygen atoms in total. The van der Waals surface area contributed by atoms with Crippen LogP contribution in [0.4, 0.5) is 0 Å². The summed E-state index contributed by atoms with van der Waals surface area (Å²) in [6, 6.07) is 17.1. The van der Waals surface area contributed by atoms with Gasteiger partial charge in [-0.05, 0) is 29.7 Å². The van der Waals surface area contributed by atoms with E-state index in [0.29, 0.717) is 18.0 Å². The molecule has 0 bridgehead atoms. The molecule has 0 saturated carbocycles. The number of hydrogen-bond acceptors (Lipinski definition) is 3. The Bertz CT molecular complexity index is 569. The van der Waals surface area contributed by atoms with Gasteiger partial charge in [-0.15, -0.1) is 0 Å². The van der Waals surface area contributed by atoms with Gasteiger partial charge in [0.25, 0.3) is 0 Å². The van der Waals surface area contributed by atoms with Gasteiger partial charge >= 0.3 is 5.97 Å². The molecule has 0 spiro atoms. The number of hydrogen-bond donors (Lipinski definition) is 1. The molecule has 21 heavy (non-hydrogen) atoms. The molecule has 4 heteroatoms. The minimum absolute atomic E-state index is 0.263. The standard InChI is InChI=1S/C17H18ClNO2/c1-21-17(20)16(11-13-7-9-15(18)10-8-13)19-12-14-5-3-2-4-6-14/h2-10,16,19H,11-12H2,1H3. The largest absolute Gasteiger partial charge is 0.468 e. The predicted octanol–water partition coefficient (Wildman–Crippen LogP) is 3.21. The lowest BCUT2D eigenvalue weighted by Gasteiger charge is -2.16. The van der Waals surface area contributed by atoms with E-state index in [-0.39, 0.29) is 12.0 Å². The molecule has 0 aromatic heterocycles. The molecule has 2 aromatic carbocycles. The quantitative estimate of drug-likeness (QED) is 0.833. The minimum atomic E-state index is -0.378. The number of halogens is 1. The molecule has 1 N–H and O–H groups in total. The van der Waals surface area contributed by atoms with Gasteiger partial charge in [-0.2, -0.15) is 0 Å². The Balaban J connectivity index is 2.01. The summed E-state index contributed by atoms with van der Waals surface area (Å²) in [4.78, 5) is 11.9. The number of rotatable bonds is 6. The van der Waals surface area contributed by atoms with E-state index in [1.165, 1.54) is 7.11 Å². The maximum Gasteiger partial charge on any atom is 0.323 e. The van der Waals surface area contributed by atoms with Crippen LogP contribution in [-0.4, -0.2) is 19.1 Å². The van der Waals surface area contributed by atoms with Gasteiger partial charge in [0.2, 0.25) is 0 Å². The Morgan fingerprint density at radius 3 is 2.38 bits per heavy atom. The first kappa shape index (κ1) is 15.5. The van der Waals surface area contributed by atoms with Crippen LogP contribution in [0.1, 0.15) is 11.1 Å². The molecule has 0 aliphatic heterocycles. The van der Waals surface area contributed by atoms with E-state index in [4.69, 9.17) is 16.3 Å². The van der Waals surface area contributed by atoms with Crippen molar-refractivity contribution in [2.75, 3.05) is 7.11 Å². The second-order valence-electron chi connectivity index (χ2n) is 4.77. The van der Waals surface area contributed by atoms with Gasteiger partial charge in [0, 0.05) is 11.6 Å². The summed E-state index contributed by atoms with van der Waals surface area (Å²) < 4.78 is 4.87. The van der Waals surface area contributed by atoms with E-state index in [1.54, 1.807) is 0 Å². The highest BCUT2D eigenvalue weighted by Gasteiger charge is 2.19. The highest BCUT2D eigenvalue weighted by molar-refractivity contribution is 6.30. The van der Waals surface area contributed by atoms with Gasteiger partial charge in [-0.1, -0.05) is 54.1 Å². The van der Waals surface area contributed by atoms with E-state index in [1.807, 2.05) is 54.6 Å².